The summed E-state index contributed by atoms with van der Waals surface area (Å²) in [5.41, 5.74) is 6.80. The first-order valence-corrected chi connectivity index (χ1v) is 6.21. The molecule has 1 aliphatic heterocycles. The summed E-state index contributed by atoms with van der Waals surface area (Å²) in [4.78, 5) is 35.6. The van der Waals surface area contributed by atoms with Crippen molar-refractivity contribution < 1.29 is 14.4 Å². The van der Waals surface area contributed by atoms with Gasteiger partial charge in [-0.15, -0.1) is 12.4 Å². The first-order valence-electron chi connectivity index (χ1n) is 6.21. The van der Waals surface area contributed by atoms with Crippen LogP contribution in [0.25, 0.3) is 0 Å². The zero-order valence-electron chi connectivity index (χ0n) is 11.5. The van der Waals surface area contributed by atoms with Crippen molar-refractivity contribution in [3.63, 3.8) is 0 Å². The van der Waals surface area contributed by atoms with E-state index in [2.05, 4.69) is 10.6 Å². The largest absolute Gasteiger partial charge is 0.329 e. The minimum Gasteiger partial charge on any atom is -0.329 e. The van der Waals surface area contributed by atoms with E-state index in [1.54, 1.807) is 31.2 Å². The van der Waals surface area contributed by atoms with Gasteiger partial charge >= 0.3 is 6.03 Å². The maximum Gasteiger partial charge on any atom is 0.324 e. The summed E-state index contributed by atoms with van der Waals surface area (Å²) in [5.74, 6) is -0.558. The van der Waals surface area contributed by atoms with E-state index in [-0.39, 0.29) is 37.3 Å². The molecule has 0 aromatic heterocycles. The van der Waals surface area contributed by atoms with Crippen LogP contribution in [0.1, 0.15) is 12.5 Å². The highest BCUT2D eigenvalue weighted by atomic mass is 35.5. The van der Waals surface area contributed by atoms with Gasteiger partial charge in [0.2, 0.25) is 11.8 Å². The molecule has 2 rings (SSSR count). The molecular formula is C13H17ClN4O3. The molecule has 114 valence electrons. The number of carbonyl (C=O) groups excluding carboxylic acids is 3. The second-order valence-electron chi connectivity index (χ2n) is 4.62. The highest BCUT2D eigenvalue weighted by Gasteiger charge is 2.28. The van der Waals surface area contributed by atoms with Crippen molar-refractivity contribution in [1.29, 1.82) is 0 Å². The van der Waals surface area contributed by atoms with Crippen LogP contribution in [-0.2, 0) is 16.1 Å². The van der Waals surface area contributed by atoms with Gasteiger partial charge in [-0.2, -0.15) is 0 Å². The molecule has 0 aliphatic carbocycles. The van der Waals surface area contributed by atoms with E-state index in [0.29, 0.717) is 5.69 Å². The molecule has 7 nitrogen and oxygen atoms in total. The van der Waals surface area contributed by atoms with Gasteiger partial charge < -0.3 is 16.4 Å². The van der Waals surface area contributed by atoms with Gasteiger partial charge in [-0.1, -0.05) is 12.1 Å². The van der Waals surface area contributed by atoms with Crippen LogP contribution in [0.4, 0.5) is 10.5 Å². The van der Waals surface area contributed by atoms with Crippen molar-refractivity contribution in [3.05, 3.63) is 29.8 Å². The van der Waals surface area contributed by atoms with Gasteiger partial charge in [-0.3, -0.25) is 14.5 Å². The van der Waals surface area contributed by atoms with E-state index < -0.39 is 12.1 Å². The summed E-state index contributed by atoms with van der Waals surface area (Å²) in [7, 11) is 0. The number of hydrogen-bond donors (Lipinski definition) is 3. The number of nitrogens with one attached hydrogen (secondary N) is 2. The lowest BCUT2D eigenvalue weighted by molar-refractivity contribution is -0.125. The fourth-order valence-corrected chi connectivity index (χ4v) is 1.80. The molecule has 0 unspecified atom stereocenters. The average Bonchev–Trinajstić information content (AvgIpc) is 2.71. The van der Waals surface area contributed by atoms with Gasteiger partial charge in [0, 0.05) is 5.69 Å². The highest BCUT2D eigenvalue weighted by molar-refractivity contribution is 6.01. The summed E-state index contributed by atoms with van der Waals surface area (Å²) in [6, 6.07) is 5.93. The number of amides is 4. The standard InChI is InChI=1S/C13H16N4O3.ClH/c1-8(14)12(19)16-10-4-2-3-9(5-10)7-17-11(18)6-15-13(17)20;/h2-5,8H,6-7,14H2,1H3,(H,15,20)(H,16,19);1H/t8-;/m1./s1. The molecule has 21 heavy (non-hydrogen) atoms. The molecule has 8 heteroatoms. The van der Waals surface area contributed by atoms with Gasteiger partial charge in [0.25, 0.3) is 0 Å². The number of carbonyl (C=O) groups is 3. The predicted octanol–water partition coefficient (Wildman–Crippen LogP) is 0.446. The van der Waals surface area contributed by atoms with Crippen molar-refractivity contribution in [2.75, 3.05) is 11.9 Å². The van der Waals surface area contributed by atoms with E-state index in [9.17, 15) is 14.4 Å². The topological polar surface area (TPSA) is 105 Å². The second kappa shape index (κ2) is 7.05. The van der Waals surface area contributed by atoms with Gasteiger partial charge in [0.1, 0.15) is 0 Å². The molecule has 1 saturated heterocycles. The predicted molar refractivity (Wildman–Crippen MR) is 79.9 cm³/mol. The Bertz CT molecular complexity index is 546. The van der Waals surface area contributed by atoms with Crippen LogP contribution in [0.15, 0.2) is 24.3 Å². The van der Waals surface area contributed by atoms with Crippen LogP contribution in [0.3, 0.4) is 0 Å². The number of anilines is 1. The number of nitrogens with two attached hydrogens (primary N) is 1. The van der Waals surface area contributed by atoms with Crippen molar-refractivity contribution in [2.24, 2.45) is 5.73 Å². The van der Waals surface area contributed by atoms with Crippen LogP contribution < -0.4 is 16.4 Å². The molecule has 0 bridgehead atoms. The molecule has 1 heterocycles. The molecule has 4 amide bonds. The third-order valence-corrected chi connectivity index (χ3v) is 2.89. The smallest absolute Gasteiger partial charge is 0.324 e. The third-order valence-electron chi connectivity index (χ3n) is 2.89. The van der Waals surface area contributed by atoms with Gasteiger partial charge in [0.05, 0.1) is 19.1 Å². The molecule has 1 aromatic rings. The normalized spacial score (nSPS) is 15.2. The van der Waals surface area contributed by atoms with Crippen LogP contribution in [0.5, 0.6) is 0 Å². The molecule has 0 saturated carbocycles. The van der Waals surface area contributed by atoms with Crippen molar-refractivity contribution in [1.82, 2.24) is 10.2 Å². The summed E-state index contributed by atoms with van der Waals surface area (Å²) >= 11 is 0. The van der Waals surface area contributed by atoms with E-state index in [0.717, 1.165) is 10.5 Å². The van der Waals surface area contributed by atoms with Gasteiger partial charge in [-0.05, 0) is 24.6 Å². The van der Waals surface area contributed by atoms with Crippen LogP contribution in [0, 0.1) is 0 Å². The lowest BCUT2D eigenvalue weighted by Gasteiger charge is -2.14. The molecular weight excluding hydrogens is 296 g/mol. The Labute approximate surface area is 128 Å². The summed E-state index contributed by atoms with van der Waals surface area (Å²) < 4.78 is 0. The highest BCUT2D eigenvalue weighted by Crippen LogP contribution is 2.14. The SMILES string of the molecule is C[C@@H](N)C(=O)Nc1cccc(CN2C(=O)CNC2=O)c1.Cl. The Morgan fingerprint density at radius 1 is 1.48 bits per heavy atom. The quantitative estimate of drug-likeness (QED) is 0.702. The zero-order valence-corrected chi connectivity index (χ0v) is 12.3. The van der Waals surface area contributed by atoms with Crippen molar-refractivity contribution in [2.45, 2.75) is 19.5 Å². The monoisotopic (exact) mass is 312 g/mol. The maximum atomic E-state index is 11.5. The van der Waals surface area contributed by atoms with Crippen LogP contribution in [-0.4, -0.2) is 35.3 Å². The third kappa shape index (κ3) is 4.17. The maximum absolute atomic E-state index is 11.5. The fourth-order valence-electron chi connectivity index (χ4n) is 1.80. The number of imide groups is 1. The number of rotatable bonds is 4. The zero-order chi connectivity index (χ0) is 14.7. The first kappa shape index (κ1) is 16.9. The number of nitrogens with zero attached hydrogens (tertiary/aromatic N) is 1. The summed E-state index contributed by atoms with van der Waals surface area (Å²) in [6.07, 6.45) is 0. The van der Waals surface area contributed by atoms with E-state index >= 15 is 0 Å². The molecule has 1 aromatic carbocycles. The summed E-state index contributed by atoms with van der Waals surface area (Å²) in [6.45, 7) is 1.79. The van der Waals surface area contributed by atoms with E-state index in [4.69, 9.17) is 5.73 Å². The Morgan fingerprint density at radius 2 is 2.19 bits per heavy atom. The van der Waals surface area contributed by atoms with Crippen molar-refractivity contribution in [3.8, 4) is 0 Å². The Balaban J connectivity index is 0.00000220. The molecule has 4 N–H and O–H groups in total. The van der Waals surface area contributed by atoms with E-state index in [1.807, 2.05) is 0 Å². The number of urea groups is 1. The Hall–Kier alpha value is -2.12. The van der Waals surface area contributed by atoms with Crippen molar-refractivity contribution >= 4 is 35.9 Å². The lowest BCUT2D eigenvalue weighted by Crippen LogP contribution is -2.32. The lowest BCUT2D eigenvalue weighted by atomic mass is 10.2. The number of hydrogen-bond acceptors (Lipinski definition) is 4. The molecule has 1 atom stereocenters. The van der Waals surface area contributed by atoms with Crippen LogP contribution >= 0.6 is 12.4 Å². The van der Waals surface area contributed by atoms with Gasteiger partial charge in [-0.25, -0.2) is 4.79 Å². The Morgan fingerprint density at radius 3 is 2.76 bits per heavy atom. The minimum absolute atomic E-state index is 0. The second-order valence-corrected chi connectivity index (χ2v) is 4.62. The minimum atomic E-state index is -0.607. The number of halogens is 1. The molecule has 0 spiro atoms. The number of benzene rings is 1. The average molecular weight is 313 g/mol. The molecule has 0 radical (unpaired) electrons. The van der Waals surface area contributed by atoms with E-state index in [1.165, 1.54) is 0 Å². The summed E-state index contributed by atoms with van der Waals surface area (Å²) in [5, 5.41) is 5.11. The Kier molecular flexibility index (Phi) is 5.69. The molecule has 1 aliphatic rings. The van der Waals surface area contributed by atoms with Gasteiger partial charge in [0.15, 0.2) is 0 Å². The fraction of sp³-hybridized carbons (Fsp3) is 0.308. The van der Waals surface area contributed by atoms with Crippen LogP contribution in [0.2, 0.25) is 0 Å². The first-order chi connectivity index (χ1) is 9.47. The molecule has 1 fully saturated rings.